The number of hydrogen-bond acceptors (Lipinski definition) is 5. The number of oxazole rings is 1. The molecule has 1 aromatic heterocycles. The lowest BCUT2D eigenvalue weighted by Gasteiger charge is -2.06. The Morgan fingerprint density at radius 2 is 1.93 bits per heavy atom. The summed E-state index contributed by atoms with van der Waals surface area (Å²) in [7, 11) is 0.189. The SMILES string of the molecule is COc1ccc(-c2nc(C[S@](=O)CC(=O)NCc3ccccc3Cl)c(C)o2)cc1. The largest absolute Gasteiger partial charge is 0.497 e. The number of carbonyl (C=O) groups is 1. The van der Waals surface area contributed by atoms with E-state index in [1.807, 2.05) is 42.5 Å². The summed E-state index contributed by atoms with van der Waals surface area (Å²) in [6, 6.07) is 14.6. The van der Waals surface area contributed by atoms with Gasteiger partial charge in [-0.1, -0.05) is 29.8 Å². The van der Waals surface area contributed by atoms with Gasteiger partial charge in [0.1, 0.15) is 17.3 Å². The first-order chi connectivity index (χ1) is 14.0. The van der Waals surface area contributed by atoms with Crippen molar-refractivity contribution in [3.63, 3.8) is 0 Å². The number of ether oxygens (including phenoxy) is 1. The molecule has 0 unspecified atom stereocenters. The number of aromatic nitrogens is 1. The van der Waals surface area contributed by atoms with E-state index in [9.17, 15) is 9.00 Å². The summed E-state index contributed by atoms with van der Waals surface area (Å²) in [6.07, 6.45) is 0. The third kappa shape index (κ3) is 5.68. The monoisotopic (exact) mass is 432 g/mol. The van der Waals surface area contributed by atoms with Crippen molar-refractivity contribution < 1.29 is 18.2 Å². The van der Waals surface area contributed by atoms with Crippen LogP contribution in [0.3, 0.4) is 0 Å². The first kappa shape index (κ1) is 21.1. The van der Waals surface area contributed by atoms with E-state index in [0.29, 0.717) is 28.9 Å². The Hall–Kier alpha value is -2.64. The molecule has 3 aromatic rings. The fourth-order valence-electron chi connectivity index (χ4n) is 2.66. The molecule has 0 saturated carbocycles. The fraction of sp³-hybridized carbons (Fsp3) is 0.238. The Bertz CT molecular complexity index is 1020. The van der Waals surface area contributed by atoms with Crippen LogP contribution in [-0.2, 0) is 27.9 Å². The van der Waals surface area contributed by atoms with E-state index in [1.165, 1.54) is 0 Å². The van der Waals surface area contributed by atoms with Crippen molar-refractivity contribution in [1.82, 2.24) is 10.3 Å². The molecule has 8 heteroatoms. The zero-order valence-electron chi connectivity index (χ0n) is 16.1. The average Bonchev–Trinajstić information content (AvgIpc) is 3.07. The Labute approximate surface area is 176 Å². The van der Waals surface area contributed by atoms with Crippen LogP contribution in [-0.4, -0.2) is 28.0 Å². The van der Waals surface area contributed by atoms with E-state index in [-0.39, 0.29) is 17.4 Å². The molecule has 152 valence electrons. The maximum atomic E-state index is 12.4. The van der Waals surface area contributed by atoms with Crippen LogP contribution in [0, 0.1) is 6.92 Å². The summed E-state index contributed by atoms with van der Waals surface area (Å²) in [6.45, 7) is 2.06. The molecule has 3 rings (SSSR count). The van der Waals surface area contributed by atoms with Gasteiger partial charge in [0, 0.05) is 27.9 Å². The van der Waals surface area contributed by atoms with Crippen LogP contribution in [0.1, 0.15) is 17.0 Å². The van der Waals surface area contributed by atoms with E-state index in [4.69, 9.17) is 20.8 Å². The summed E-state index contributed by atoms with van der Waals surface area (Å²) < 4.78 is 23.2. The maximum Gasteiger partial charge on any atom is 0.232 e. The van der Waals surface area contributed by atoms with Gasteiger partial charge in [0.05, 0.1) is 18.6 Å². The minimum absolute atomic E-state index is 0.116. The van der Waals surface area contributed by atoms with Gasteiger partial charge in [-0.05, 0) is 42.8 Å². The second kappa shape index (κ2) is 9.71. The molecule has 1 atom stereocenters. The zero-order valence-corrected chi connectivity index (χ0v) is 17.7. The van der Waals surface area contributed by atoms with Crippen LogP contribution in [0.15, 0.2) is 52.9 Å². The number of aryl methyl sites for hydroxylation is 1. The molecular formula is C21H21ClN2O4S. The smallest absolute Gasteiger partial charge is 0.232 e. The van der Waals surface area contributed by atoms with Gasteiger partial charge in [-0.2, -0.15) is 0 Å². The highest BCUT2D eigenvalue weighted by atomic mass is 35.5. The predicted molar refractivity (Wildman–Crippen MR) is 113 cm³/mol. The second-order valence-corrected chi connectivity index (χ2v) is 8.21. The summed E-state index contributed by atoms with van der Waals surface area (Å²) in [4.78, 5) is 16.5. The van der Waals surface area contributed by atoms with E-state index >= 15 is 0 Å². The maximum absolute atomic E-state index is 12.4. The molecule has 0 aliphatic carbocycles. The molecule has 0 bridgehead atoms. The Kier molecular flexibility index (Phi) is 7.06. The van der Waals surface area contributed by atoms with Gasteiger partial charge in [0.2, 0.25) is 11.8 Å². The normalized spacial score (nSPS) is 11.8. The standard InChI is InChI=1S/C21H21ClN2O4S/c1-14-19(24-21(28-14)15-7-9-17(27-2)10-8-15)12-29(26)13-20(25)23-11-16-5-3-4-6-18(16)22/h3-10H,11-13H2,1-2H3,(H,23,25)/t29-/m0/s1. The van der Waals surface area contributed by atoms with Crippen molar-refractivity contribution in [2.75, 3.05) is 12.9 Å². The highest BCUT2D eigenvalue weighted by molar-refractivity contribution is 7.84. The number of hydrogen-bond donors (Lipinski definition) is 1. The number of methoxy groups -OCH3 is 1. The molecule has 0 fully saturated rings. The van der Waals surface area contributed by atoms with Gasteiger partial charge in [0.15, 0.2) is 0 Å². The minimum Gasteiger partial charge on any atom is -0.497 e. The van der Waals surface area contributed by atoms with Gasteiger partial charge in [-0.3, -0.25) is 9.00 Å². The van der Waals surface area contributed by atoms with E-state index in [0.717, 1.165) is 16.9 Å². The third-order valence-corrected chi connectivity index (χ3v) is 5.80. The van der Waals surface area contributed by atoms with Crippen molar-refractivity contribution in [2.45, 2.75) is 19.2 Å². The van der Waals surface area contributed by atoms with Crippen LogP contribution < -0.4 is 10.1 Å². The molecule has 29 heavy (non-hydrogen) atoms. The molecule has 1 amide bonds. The van der Waals surface area contributed by atoms with Crippen molar-refractivity contribution in [1.29, 1.82) is 0 Å². The Morgan fingerprint density at radius 3 is 2.62 bits per heavy atom. The lowest BCUT2D eigenvalue weighted by Crippen LogP contribution is -2.28. The molecule has 0 radical (unpaired) electrons. The Balaban J connectivity index is 1.56. The van der Waals surface area contributed by atoms with E-state index in [2.05, 4.69) is 10.3 Å². The quantitative estimate of drug-likeness (QED) is 0.584. The number of carbonyl (C=O) groups excluding carboxylic acids is 1. The van der Waals surface area contributed by atoms with Crippen LogP contribution in [0.2, 0.25) is 5.02 Å². The van der Waals surface area contributed by atoms with E-state index < -0.39 is 10.8 Å². The van der Waals surface area contributed by atoms with Crippen molar-refractivity contribution >= 4 is 28.3 Å². The number of nitrogens with zero attached hydrogens (tertiary/aromatic N) is 1. The first-order valence-corrected chi connectivity index (χ1v) is 10.8. The second-order valence-electron chi connectivity index (χ2n) is 6.35. The molecule has 0 aliphatic heterocycles. The number of amides is 1. The highest BCUT2D eigenvalue weighted by Gasteiger charge is 2.16. The molecule has 1 heterocycles. The summed E-state index contributed by atoms with van der Waals surface area (Å²) >= 11 is 6.07. The number of rotatable bonds is 8. The van der Waals surface area contributed by atoms with Gasteiger partial charge in [0.25, 0.3) is 0 Å². The molecule has 0 saturated heterocycles. The third-order valence-electron chi connectivity index (χ3n) is 4.25. The lowest BCUT2D eigenvalue weighted by molar-refractivity contribution is -0.118. The predicted octanol–water partition coefficient (Wildman–Crippen LogP) is 3.88. The van der Waals surface area contributed by atoms with Crippen molar-refractivity contribution in [2.24, 2.45) is 0 Å². The summed E-state index contributed by atoms with van der Waals surface area (Å²) in [5.74, 6) is 1.49. The van der Waals surface area contributed by atoms with Gasteiger partial charge in [-0.15, -0.1) is 0 Å². The topological polar surface area (TPSA) is 81.4 Å². The summed E-state index contributed by atoms with van der Waals surface area (Å²) in [5.41, 5.74) is 2.18. The Morgan fingerprint density at radius 1 is 1.21 bits per heavy atom. The van der Waals surface area contributed by atoms with Gasteiger partial charge < -0.3 is 14.5 Å². The highest BCUT2D eigenvalue weighted by Crippen LogP contribution is 2.24. The number of benzene rings is 2. The molecule has 0 spiro atoms. The van der Waals surface area contributed by atoms with Gasteiger partial charge in [-0.25, -0.2) is 4.98 Å². The molecule has 6 nitrogen and oxygen atoms in total. The fourth-order valence-corrected chi connectivity index (χ4v) is 3.93. The average molecular weight is 433 g/mol. The van der Waals surface area contributed by atoms with E-state index in [1.54, 1.807) is 20.1 Å². The molecule has 2 aromatic carbocycles. The molecule has 0 aliphatic rings. The number of halogens is 1. The lowest BCUT2D eigenvalue weighted by atomic mass is 10.2. The van der Waals surface area contributed by atoms with Crippen LogP contribution >= 0.6 is 11.6 Å². The van der Waals surface area contributed by atoms with Crippen LogP contribution in [0.25, 0.3) is 11.5 Å². The van der Waals surface area contributed by atoms with Crippen LogP contribution in [0.5, 0.6) is 5.75 Å². The van der Waals surface area contributed by atoms with Crippen molar-refractivity contribution in [3.8, 4) is 17.2 Å². The minimum atomic E-state index is -1.41. The number of nitrogens with one attached hydrogen (secondary N) is 1. The zero-order chi connectivity index (χ0) is 20.8. The first-order valence-electron chi connectivity index (χ1n) is 8.92. The summed E-state index contributed by atoms with van der Waals surface area (Å²) in [5, 5.41) is 3.32. The van der Waals surface area contributed by atoms with Crippen LogP contribution in [0.4, 0.5) is 0 Å². The molecule has 1 N–H and O–H groups in total. The van der Waals surface area contributed by atoms with Crippen molar-refractivity contribution in [3.05, 3.63) is 70.6 Å². The molecular weight excluding hydrogens is 412 g/mol. The van der Waals surface area contributed by atoms with Gasteiger partial charge >= 0.3 is 0 Å².